The van der Waals surface area contributed by atoms with Crippen LogP contribution in [0.1, 0.15) is 5.56 Å². The van der Waals surface area contributed by atoms with E-state index >= 15 is 0 Å². The summed E-state index contributed by atoms with van der Waals surface area (Å²) in [6.07, 6.45) is 1.77. The Hall–Kier alpha value is -2.51. The molecular formula is C19H17NO4S2. The van der Waals surface area contributed by atoms with Crippen molar-refractivity contribution in [3.8, 4) is 17.2 Å². The number of thiocarbonyl (C=S) groups is 1. The van der Waals surface area contributed by atoms with E-state index in [4.69, 9.17) is 26.4 Å². The van der Waals surface area contributed by atoms with Gasteiger partial charge in [0, 0.05) is 0 Å². The van der Waals surface area contributed by atoms with Crippen molar-refractivity contribution in [2.75, 3.05) is 26.2 Å². The van der Waals surface area contributed by atoms with Gasteiger partial charge in [-0.1, -0.05) is 42.2 Å². The summed E-state index contributed by atoms with van der Waals surface area (Å²) >= 11 is 6.65. The minimum absolute atomic E-state index is 0.153. The summed E-state index contributed by atoms with van der Waals surface area (Å²) in [5.41, 5.74) is 1.51. The number of hydrogen-bond acceptors (Lipinski definition) is 6. The third kappa shape index (κ3) is 3.40. The van der Waals surface area contributed by atoms with Gasteiger partial charge < -0.3 is 14.2 Å². The number of para-hydroxylation sites is 1. The number of carbonyl (C=O) groups excluding carboxylic acids is 1. The molecule has 1 heterocycles. The van der Waals surface area contributed by atoms with Gasteiger partial charge in [0.25, 0.3) is 5.91 Å². The monoisotopic (exact) mass is 387 g/mol. The van der Waals surface area contributed by atoms with Crippen LogP contribution in [-0.4, -0.2) is 31.6 Å². The number of methoxy groups -OCH3 is 3. The molecule has 0 unspecified atom stereocenters. The van der Waals surface area contributed by atoms with E-state index in [0.29, 0.717) is 26.5 Å². The molecule has 26 heavy (non-hydrogen) atoms. The lowest BCUT2D eigenvalue weighted by Crippen LogP contribution is -2.27. The average Bonchev–Trinajstić information content (AvgIpc) is 2.94. The van der Waals surface area contributed by atoms with E-state index in [1.807, 2.05) is 30.3 Å². The van der Waals surface area contributed by atoms with E-state index in [1.165, 1.54) is 16.7 Å². The number of benzene rings is 2. The van der Waals surface area contributed by atoms with E-state index in [0.717, 1.165) is 11.3 Å². The van der Waals surface area contributed by atoms with Gasteiger partial charge >= 0.3 is 0 Å². The number of rotatable bonds is 5. The van der Waals surface area contributed by atoms with Crippen molar-refractivity contribution >= 4 is 46.0 Å². The maximum absolute atomic E-state index is 12.8. The number of nitrogens with zero attached hydrogens (tertiary/aromatic N) is 1. The predicted molar refractivity (Wildman–Crippen MR) is 108 cm³/mol. The standard InChI is InChI=1S/C19H17NO4S2/c1-22-14-9-12(10-15(23-2)17(14)24-3)11-16-18(21)20(19(25)26-16)13-7-5-4-6-8-13/h4-11H,1-3H3/b16-11+. The minimum atomic E-state index is -0.153. The van der Waals surface area contributed by atoms with Crippen molar-refractivity contribution < 1.29 is 19.0 Å². The highest BCUT2D eigenvalue weighted by molar-refractivity contribution is 8.27. The molecule has 7 heteroatoms. The van der Waals surface area contributed by atoms with Gasteiger partial charge in [-0.2, -0.15) is 0 Å². The number of thioether (sulfide) groups is 1. The van der Waals surface area contributed by atoms with Crippen LogP contribution in [0, 0.1) is 0 Å². The highest BCUT2D eigenvalue weighted by Crippen LogP contribution is 2.41. The van der Waals surface area contributed by atoms with Gasteiger partial charge in [-0.3, -0.25) is 9.69 Å². The molecule has 2 aromatic rings. The second kappa shape index (κ2) is 7.80. The van der Waals surface area contributed by atoms with Gasteiger partial charge in [0.15, 0.2) is 15.8 Å². The molecule has 2 aromatic carbocycles. The van der Waals surface area contributed by atoms with Crippen LogP contribution in [0.4, 0.5) is 5.69 Å². The molecule has 1 saturated heterocycles. The smallest absolute Gasteiger partial charge is 0.270 e. The number of hydrogen-bond donors (Lipinski definition) is 0. The zero-order valence-electron chi connectivity index (χ0n) is 14.5. The summed E-state index contributed by atoms with van der Waals surface area (Å²) in [4.78, 5) is 14.9. The lowest BCUT2D eigenvalue weighted by molar-refractivity contribution is -0.113. The first-order valence-electron chi connectivity index (χ1n) is 7.72. The Morgan fingerprint density at radius 2 is 1.62 bits per heavy atom. The van der Waals surface area contributed by atoms with Gasteiger partial charge in [0.05, 0.1) is 31.9 Å². The van der Waals surface area contributed by atoms with E-state index < -0.39 is 0 Å². The van der Waals surface area contributed by atoms with Crippen LogP contribution < -0.4 is 19.1 Å². The second-order valence-corrected chi connectivity index (χ2v) is 6.99. The minimum Gasteiger partial charge on any atom is -0.493 e. The van der Waals surface area contributed by atoms with Crippen LogP contribution in [0.15, 0.2) is 47.4 Å². The maximum atomic E-state index is 12.8. The van der Waals surface area contributed by atoms with Crippen LogP contribution in [0.2, 0.25) is 0 Å². The van der Waals surface area contributed by atoms with E-state index in [9.17, 15) is 4.79 Å². The van der Waals surface area contributed by atoms with Crippen molar-refractivity contribution in [3.63, 3.8) is 0 Å². The molecule has 1 fully saturated rings. The fourth-order valence-electron chi connectivity index (χ4n) is 2.60. The van der Waals surface area contributed by atoms with E-state index in [-0.39, 0.29) is 5.91 Å². The molecule has 0 radical (unpaired) electrons. The third-order valence-corrected chi connectivity index (χ3v) is 5.10. The second-order valence-electron chi connectivity index (χ2n) is 5.31. The summed E-state index contributed by atoms with van der Waals surface area (Å²) in [6.45, 7) is 0. The van der Waals surface area contributed by atoms with Gasteiger partial charge in [0.2, 0.25) is 5.75 Å². The molecule has 5 nitrogen and oxygen atoms in total. The van der Waals surface area contributed by atoms with Crippen molar-refractivity contribution in [1.29, 1.82) is 0 Å². The van der Waals surface area contributed by atoms with Crippen molar-refractivity contribution in [2.45, 2.75) is 0 Å². The van der Waals surface area contributed by atoms with Crippen LogP contribution in [0.3, 0.4) is 0 Å². The molecule has 0 aromatic heterocycles. The summed E-state index contributed by atoms with van der Waals surface area (Å²) < 4.78 is 16.5. The SMILES string of the molecule is COc1cc(/C=C2/SC(=S)N(c3ccccc3)C2=O)cc(OC)c1OC. The normalized spacial score (nSPS) is 15.5. The first kappa shape index (κ1) is 18.3. The lowest BCUT2D eigenvalue weighted by atomic mass is 10.1. The fraction of sp³-hybridized carbons (Fsp3) is 0.158. The molecule has 0 N–H and O–H groups in total. The fourth-order valence-corrected chi connectivity index (χ4v) is 3.90. The van der Waals surface area contributed by atoms with E-state index in [1.54, 1.807) is 39.5 Å². The van der Waals surface area contributed by atoms with Gasteiger partial charge in [0.1, 0.15) is 0 Å². The Labute approximate surface area is 161 Å². The van der Waals surface area contributed by atoms with Crippen molar-refractivity contribution in [1.82, 2.24) is 0 Å². The van der Waals surface area contributed by atoms with Crippen molar-refractivity contribution in [2.24, 2.45) is 0 Å². The molecular weight excluding hydrogens is 370 g/mol. The molecule has 134 valence electrons. The lowest BCUT2D eigenvalue weighted by Gasteiger charge is -2.14. The summed E-state index contributed by atoms with van der Waals surface area (Å²) in [7, 11) is 4.65. The Morgan fingerprint density at radius 3 is 2.15 bits per heavy atom. The Bertz CT molecular complexity index is 855. The first-order valence-corrected chi connectivity index (χ1v) is 8.94. The van der Waals surface area contributed by atoms with Crippen LogP contribution in [-0.2, 0) is 4.79 Å². The molecule has 0 saturated carbocycles. The molecule has 0 bridgehead atoms. The number of anilines is 1. The topological polar surface area (TPSA) is 48.0 Å². The number of amides is 1. The maximum Gasteiger partial charge on any atom is 0.270 e. The molecule has 0 atom stereocenters. The Balaban J connectivity index is 1.98. The largest absolute Gasteiger partial charge is 0.493 e. The number of ether oxygens (including phenoxy) is 3. The molecule has 1 aliphatic rings. The van der Waals surface area contributed by atoms with Crippen molar-refractivity contribution in [3.05, 3.63) is 52.9 Å². The van der Waals surface area contributed by atoms with E-state index in [2.05, 4.69) is 0 Å². The van der Waals surface area contributed by atoms with Crippen LogP contribution in [0.5, 0.6) is 17.2 Å². The molecule has 3 rings (SSSR count). The van der Waals surface area contributed by atoms with Gasteiger partial charge in [-0.15, -0.1) is 0 Å². The molecule has 1 aliphatic heterocycles. The summed E-state index contributed by atoms with van der Waals surface area (Å²) in [5.74, 6) is 1.40. The van der Waals surface area contributed by atoms with Gasteiger partial charge in [-0.05, 0) is 35.9 Å². The van der Waals surface area contributed by atoms with Crippen LogP contribution >= 0.6 is 24.0 Å². The molecule has 0 aliphatic carbocycles. The third-order valence-electron chi connectivity index (χ3n) is 3.79. The summed E-state index contributed by atoms with van der Waals surface area (Å²) in [5, 5.41) is 0. The zero-order chi connectivity index (χ0) is 18.7. The first-order chi connectivity index (χ1) is 12.6. The average molecular weight is 387 g/mol. The Kier molecular flexibility index (Phi) is 5.49. The van der Waals surface area contributed by atoms with Gasteiger partial charge in [-0.25, -0.2) is 0 Å². The predicted octanol–water partition coefficient (Wildman–Crippen LogP) is 4.12. The highest BCUT2D eigenvalue weighted by atomic mass is 32.2. The quantitative estimate of drug-likeness (QED) is 0.568. The summed E-state index contributed by atoms with van der Waals surface area (Å²) in [6, 6.07) is 12.9. The molecule has 1 amide bonds. The highest BCUT2D eigenvalue weighted by Gasteiger charge is 2.33. The zero-order valence-corrected chi connectivity index (χ0v) is 16.1. The molecule has 0 spiro atoms. The number of carbonyl (C=O) groups is 1. The Morgan fingerprint density at radius 1 is 1.00 bits per heavy atom. The van der Waals surface area contributed by atoms with Crippen LogP contribution in [0.25, 0.3) is 6.08 Å².